The fraction of sp³-hybridized carbons (Fsp3) is 0.290. The molecular weight excluding hydrogens is 462 g/mol. The SMILES string of the molecule is CCC(=O)C(C)Oc1cc(O)c(-c2nc(-c3ccc(C)cc3C)nc(-c3ccc(C)cc3C)n2)cc1C. The van der Waals surface area contributed by atoms with Crippen LogP contribution in [0.3, 0.4) is 0 Å². The van der Waals surface area contributed by atoms with Gasteiger partial charge in [-0.3, -0.25) is 4.79 Å². The molecule has 0 bridgehead atoms. The lowest BCUT2D eigenvalue weighted by atomic mass is 10.0. The Hall–Kier alpha value is -4.06. The zero-order valence-corrected chi connectivity index (χ0v) is 22.5. The lowest BCUT2D eigenvalue weighted by molar-refractivity contribution is -0.124. The summed E-state index contributed by atoms with van der Waals surface area (Å²) in [6.45, 7) is 13.6. The van der Waals surface area contributed by atoms with E-state index in [0.29, 0.717) is 35.2 Å². The Morgan fingerprint density at radius 2 is 1.24 bits per heavy atom. The first-order valence-electron chi connectivity index (χ1n) is 12.5. The molecule has 0 fully saturated rings. The number of Topliss-reactive ketones (excluding diaryl/α,β-unsaturated/α-hetero) is 1. The van der Waals surface area contributed by atoms with Gasteiger partial charge in [0.25, 0.3) is 0 Å². The summed E-state index contributed by atoms with van der Waals surface area (Å²) in [6.07, 6.45) is -0.212. The van der Waals surface area contributed by atoms with Crippen LogP contribution >= 0.6 is 0 Å². The molecule has 1 atom stereocenters. The van der Waals surface area contributed by atoms with Gasteiger partial charge < -0.3 is 9.84 Å². The second kappa shape index (κ2) is 10.5. The second-order valence-corrected chi connectivity index (χ2v) is 9.66. The molecule has 0 saturated carbocycles. The van der Waals surface area contributed by atoms with Crippen molar-refractivity contribution in [2.24, 2.45) is 0 Å². The van der Waals surface area contributed by atoms with Crippen LogP contribution in [0.15, 0.2) is 48.5 Å². The Morgan fingerprint density at radius 3 is 1.70 bits per heavy atom. The number of hydrogen-bond acceptors (Lipinski definition) is 6. The van der Waals surface area contributed by atoms with E-state index < -0.39 is 6.10 Å². The monoisotopic (exact) mass is 495 g/mol. The fourth-order valence-electron chi connectivity index (χ4n) is 4.39. The third-order valence-corrected chi connectivity index (χ3v) is 6.52. The van der Waals surface area contributed by atoms with Crippen LogP contribution in [0.4, 0.5) is 0 Å². The smallest absolute Gasteiger partial charge is 0.172 e. The third-order valence-electron chi connectivity index (χ3n) is 6.52. The molecule has 6 nitrogen and oxygen atoms in total. The van der Waals surface area contributed by atoms with Crippen LogP contribution in [0.1, 0.15) is 48.1 Å². The molecule has 1 unspecified atom stereocenters. The Kier molecular flexibility index (Phi) is 7.39. The molecule has 3 aromatic carbocycles. The Morgan fingerprint density at radius 1 is 0.757 bits per heavy atom. The molecule has 4 rings (SSSR count). The van der Waals surface area contributed by atoms with Crippen LogP contribution in [0.25, 0.3) is 34.2 Å². The summed E-state index contributed by atoms with van der Waals surface area (Å²) in [5.41, 5.74) is 7.48. The van der Waals surface area contributed by atoms with Gasteiger partial charge in [-0.05, 0) is 64.3 Å². The first-order valence-corrected chi connectivity index (χ1v) is 12.5. The fourth-order valence-corrected chi connectivity index (χ4v) is 4.39. The van der Waals surface area contributed by atoms with Gasteiger partial charge in [-0.2, -0.15) is 0 Å². The Balaban J connectivity index is 1.88. The third kappa shape index (κ3) is 5.53. The predicted molar refractivity (Wildman–Crippen MR) is 147 cm³/mol. The van der Waals surface area contributed by atoms with E-state index in [1.807, 2.05) is 45.0 Å². The number of aromatic hydroxyl groups is 1. The predicted octanol–water partition coefficient (Wildman–Crippen LogP) is 6.87. The summed E-state index contributed by atoms with van der Waals surface area (Å²) in [4.78, 5) is 26.5. The molecular formula is C31H33N3O3. The van der Waals surface area contributed by atoms with E-state index in [-0.39, 0.29) is 11.5 Å². The van der Waals surface area contributed by atoms with Gasteiger partial charge in [0.2, 0.25) is 0 Å². The van der Waals surface area contributed by atoms with Gasteiger partial charge in [-0.15, -0.1) is 0 Å². The summed E-state index contributed by atoms with van der Waals surface area (Å²) in [7, 11) is 0. The van der Waals surface area contributed by atoms with E-state index in [1.54, 1.807) is 19.9 Å². The highest BCUT2D eigenvalue weighted by molar-refractivity contribution is 5.83. The maximum Gasteiger partial charge on any atom is 0.172 e. The molecule has 0 aliphatic rings. The van der Waals surface area contributed by atoms with Crippen LogP contribution in [-0.2, 0) is 4.79 Å². The number of phenols is 1. The number of carbonyl (C=O) groups is 1. The molecule has 4 aromatic rings. The van der Waals surface area contributed by atoms with E-state index in [2.05, 4.69) is 26.0 Å². The van der Waals surface area contributed by atoms with Crippen molar-refractivity contribution in [1.82, 2.24) is 15.0 Å². The number of ether oxygens (including phenoxy) is 1. The van der Waals surface area contributed by atoms with Gasteiger partial charge in [0.05, 0.1) is 5.56 Å². The quantitative estimate of drug-likeness (QED) is 0.301. The van der Waals surface area contributed by atoms with Crippen molar-refractivity contribution < 1.29 is 14.6 Å². The number of ketones is 1. The Bertz CT molecular complexity index is 1420. The van der Waals surface area contributed by atoms with Crippen molar-refractivity contribution in [2.45, 2.75) is 61.0 Å². The van der Waals surface area contributed by atoms with Crippen LogP contribution in [0, 0.1) is 34.6 Å². The van der Waals surface area contributed by atoms with E-state index in [1.165, 1.54) is 6.07 Å². The summed E-state index contributed by atoms with van der Waals surface area (Å²) in [5.74, 6) is 1.87. The van der Waals surface area contributed by atoms with Crippen molar-refractivity contribution in [3.05, 3.63) is 76.3 Å². The average molecular weight is 496 g/mol. The first kappa shape index (κ1) is 26.0. The molecule has 1 aromatic heterocycles. The standard InChI is InChI=1S/C31H33N3O3/c1-8-26(35)22(7)37-28-16-27(36)25(15-21(28)6)31-33-29(23-11-9-17(2)13-19(23)4)32-30(34-31)24-12-10-18(3)14-20(24)5/h9-16,22,36H,8H2,1-7H3. The van der Waals surface area contributed by atoms with Gasteiger partial charge >= 0.3 is 0 Å². The maximum atomic E-state index is 12.0. The largest absolute Gasteiger partial charge is 0.507 e. The second-order valence-electron chi connectivity index (χ2n) is 9.66. The maximum absolute atomic E-state index is 12.0. The minimum absolute atomic E-state index is 0.00310. The van der Waals surface area contributed by atoms with E-state index in [9.17, 15) is 9.90 Å². The van der Waals surface area contributed by atoms with Crippen molar-refractivity contribution in [3.63, 3.8) is 0 Å². The molecule has 1 heterocycles. The number of nitrogens with zero attached hydrogens (tertiary/aromatic N) is 3. The number of aryl methyl sites for hydroxylation is 5. The molecule has 0 radical (unpaired) electrons. The van der Waals surface area contributed by atoms with Gasteiger partial charge in [0.15, 0.2) is 29.4 Å². The minimum atomic E-state index is -0.599. The van der Waals surface area contributed by atoms with Crippen molar-refractivity contribution in [1.29, 1.82) is 0 Å². The van der Waals surface area contributed by atoms with Crippen LogP contribution < -0.4 is 4.74 Å². The molecule has 6 heteroatoms. The number of phenolic OH excluding ortho intramolecular Hbond substituents is 1. The number of benzene rings is 3. The minimum Gasteiger partial charge on any atom is -0.507 e. The lowest BCUT2D eigenvalue weighted by Crippen LogP contribution is -2.23. The number of rotatable bonds is 7. The van der Waals surface area contributed by atoms with Crippen molar-refractivity contribution >= 4 is 5.78 Å². The van der Waals surface area contributed by atoms with Crippen LogP contribution in [0.2, 0.25) is 0 Å². The highest BCUT2D eigenvalue weighted by atomic mass is 16.5. The molecule has 0 amide bonds. The molecule has 0 spiro atoms. The van der Waals surface area contributed by atoms with Crippen LogP contribution in [0.5, 0.6) is 11.5 Å². The van der Waals surface area contributed by atoms with E-state index in [4.69, 9.17) is 19.7 Å². The molecule has 37 heavy (non-hydrogen) atoms. The Labute approximate surface area is 218 Å². The zero-order chi connectivity index (χ0) is 26.9. The van der Waals surface area contributed by atoms with Gasteiger partial charge in [-0.1, -0.05) is 54.4 Å². The normalized spacial score (nSPS) is 11.9. The number of carbonyl (C=O) groups excluding carboxylic acids is 1. The van der Waals surface area contributed by atoms with Crippen molar-refractivity contribution in [3.8, 4) is 45.7 Å². The van der Waals surface area contributed by atoms with Gasteiger partial charge in [0.1, 0.15) is 11.5 Å². The highest BCUT2D eigenvalue weighted by Gasteiger charge is 2.20. The molecule has 0 aliphatic heterocycles. The molecule has 190 valence electrons. The summed E-state index contributed by atoms with van der Waals surface area (Å²) in [6, 6.07) is 15.6. The highest BCUT2D eigenvalue weighted by Crippen LogP contribution is 2.36. The lowest BCUT2D eigenvalue weighted by Gasteiger charge is -2.17. The van der Waals surface area contributed by atoms with Gasteiger partial charge in [0, 0.05) is 23.6 Å². The summed E-state index contributed by atoms with van der Waals surface area (Å²) < 4.78 is 5.85. The zero-order valence-electron chi connectivity index (χ0n) is 22.5. The van der Waals surface area contributed by atoms with Crippen molar-refractivity contribution in [2.75, 3.05) is 0 Å². The van der Waals surface area contributed by atoms with Crippen LogP contribution in [-0.4, -0.2) is 31.9 Å². The van der Waals surface area contributed by atoms with Gasteiger partial charge in [-0.25, -0.2) is 15.0 Å². The summed E-state index contributed by atoms with van der Waals surface area (Å²) in [5, 5.41) is 11.0. The molecule has 0 saturated heterocycles. The average Bonchev–Trinajstić information content (AvgIpc) is 2.85. The molecule has 0 aliphatic carbocycles. The first-order chi connectivity index (χ1) is 17.6. The number of aromatic nitrogens is 3. The van der Waals surface area contributed by atoms with E-state index in [0.717, 1.165) is 38.9 Å². The number of hydrogen-bond donors (Lipinski definition) is 1. The topological polar surface area (TPSA) is 85.2 Å². The molecule has 1 N–H and O–H groups in total. The summed E-state index contributed by atoms with van der Waals surface area (Å²) >= 11 is 0. The van der Waals surface area contributed by atoms with E-state index >= 15 is 0 Å².